The molecule has 3 aromatic rings. The number of para-hydroxylation sites is 1. The van der Waals surface area contributed by atoms with Gasteiger partial charge in [0.1, 0.15) is 0 Å². The van der Waals surface area contributed by atoms with Crippen molar-refractivity contribution in [2.75, 3.05) is 18.4 Å². The average molecular weight is 447 g/mol. The minimum Gasteiger partial charge on any atom is -0.324 e. The highest BCUT2D eigenvalue weighted by Gasteiger charge is 2.25. The Balaban J connectivity index is 1.82. The lowest BCUT2D eigenvalue weighted by atomic mass is 10.1. The van der Waals surface area contributed by atoms with E-state index < -0.39 is 15.9 Å². The van der Waals surface area contributed by atoms with E-state index in [1.54, 1.807) is 43.3 Å². The Morgan fingerprint density at radius 3 is 2.37 bits per heavy atom. The summed E-state index contributed by atoms with van der Waals surface area (Å²) in [6.07, 6.45) is 0. The summed E-state index contributed by atoms with van der Waals surface area (Å²) in [5, 5.41) is 4.54. The number of amides is 1. The van der Waals surface area contributed by atoms with Crippen molar-refractivity contribution in [3.63, 3.8) is 0 Å². The van der Waals surface area contributed by atoms with E-state index in [0.717, 1.165) is 15.2 Å². The number of rotatable bonds is 6. The topological polar surface area (TPSA) is 66.5 Å². The lowest BCUT2D eigenvalue weighted by Gasteiger charge is -2.20. The minimum atomic E-state index is -3.78. The number of hydrogen-bond donors (Lipinski definition) is 1. The van der Waals surface area contributed by atoms with Crippen molar-refractivity contribution in [3.8, 4) is 0 Å². The Labute approximate surface area is 167 Å². The number of fused-ring (bicyclic) bond motifs is 1. The maximum absolute atomic E-state index is 13.0. The van der Waals surface area contributed by atoms with Crippen LogP contribution in [0.5, 0.6) is 0 Å². The lowest BCUT2D eigenvalue weighted by Crippen LogP contribution is -2.37. The third-order valence-electron chi connectivity index (χ3n) is 4.18. The molecule has 0 aliphatic carbocycles. The Bertz CT molecular complexity index is 1080. The summed E-state index contributed by atoms with van der Waals surface area (Å²) >= 11 is 3.36. The van der Waals surface area contributed by atoms with Gasteiger partial charge in [0.2, 0.25) is 15.9 Å². The van der Waals surface area contributed by atoms with E-state index >= 15 is 0 Å². The molecule has 0 unspecified atom stereocenters. The molecule has 0 aliphatic heterocycles. The minimum absolute atomic E-state index is 0.178. The van der Waals surface area contributed by atoms with Gasteiger partial charge in [-0.1, -0.05) is 49.4 Å². The molecule has 1 amide bonds. The maximum Gasteiger partial charge on any atom is 0.243 e. The molecule has 0 radical (unpaired) electrons. The van der Waals surface area contributed by atoms with Crippen LogP contribution < -0.4 is 5.32 Å². The molecule has 3 aromatic carbocycles. The van der Waals surface area contributed by atoms with Crippen molar-refractivity contribution in [2.24, 2.45) is 0 Å². The van der Waals surface area contributed by atoms with Crippen LogP contribution in [0.15, 0.2) is 76.1 Å². The fraction of sp³-hybridized carbons (Fsp3) is 0.150. The first-order chi connectivity index (χ1) is 12.9. The monoisotopic (exact) mass is 446 g/mol. The summed E-state index contributed by atoms with van der Waals surface area (Å²) in [6, 6.07) is 19.7. The second-order valence-corrected chi connectivity index (χ2v) is 8.76. The Kier molecular flexibility index (Phi) is 5.94. The van der Waals surface area contributed by atoms with E-state index in [1.807, 2.05) is 30.3 Å². The highest BCUT2D eigenvalue weighted by atomic mass is 79.9. The molecule has 0 aromatic heterocycles. The first-order valence-electron chi connectivity index (χ1n) is 8.45. The normalized spacial score (nSPS) is 11.7. The molecule has 0 saturated carbocycles. The van der Waals surface area contributed by atoms with E-state index in [-0.39, 0.29) is 18.0 Å². The molecule has 3 rings (SSSR count). The van der Waals surface area contributed by atoms with Crippen LogP contribution in [0, 0.1) is 0 Å². The number of nitrogens with zero attached hydrogens (tertiary/aromatic N) is 1. The quantitative estimate of drug-likeness (QED) is 0.615. The van der Waals surface area contributed by atoms with E-state index in [9.17, 15) is 13.2 Å². The van der Waals surface area contributed by atoms with Crippen LogP contribution in [0.1, 0.15) is 6.92 Å². The van der Waals surface area contributed by atoms with Crippen molar-refractivity contribution in [2.45, 2.75) is 11.8 Å². The predicted octanol–water partition coefficient (Wildman–Crippen LogP) is 4.25. The van der Waals surface area contributed by atoms with Crippen LogP contribution in [0.4, 0.5) is 5.69 Å². The molecule has 7 heteroatoms. The fourth-order valence-electron chi connectivity index (χ4n) is 2.76. The third-order valence-corrected chi connectivity index (χ3v) is 6.79. The van der Waals surface area contributed by atoms with E-state index in [1.165, 1.54) is 4.31 Å². The number of halogens is 1. The van der Waals surface area contributed by atoms with Crippen LogP contribution >= 0.6 is 15.9 Å². The number of sulfonamides is 1. The number of carbonyl (C=O) groups excluding carboxylic acids is 1. The number of carbonyl (C=O) groups is 1. The molecular formula is C20H19BrN2O3S. The van der Waals surface area contributed by atoms with Gasteiger partial charge in [-0.2, -0.15) is 4.31 Å². The molecule has 5 nitrogen and oxygen atoms in total. The van der Waals surface area contributed by atoms with Gasteiger partial charge in [0.15, 0.2) is 0 Å². The number of nitrogens with one attached hydrogen (secondary N) is 1. The van der Waals surface area contributed by atoms with Gasteiger partial charge in [-0.3, -0.25) is 4.79 Å². The van der Waals surface area contributed by atoms with Crippen molar-refractivity contribution in [1.29, 1.82) is 0 Å². The molecule has 0 fully saturated rings. The Hall–Kier alpha value is -2.22. The molecule has 0 spiro atoms. The predicted molar refractivity (Wildman–Crippen MR) is 111 cm³/mol. The number of anilines is 1. The second-order valence-electron chi connectivity index (χ2n) is 5.97. The third kappa shape index (κ3) is 4.37. The second kappa shape index (κ2) is 8.21. The highest BCUT2D eigenvalue weighted by Crippen LogP contribution is 2.23. The standard InChI is InChI=1S/C20H19BrN2O3S/c1-2-23(14-20(24)22-19-10-6-5-9-18(19)21)27(25,26)17-12-11-15-7-3-4-8-16(15)13-17/h3-13H,2,14H2,1H3,(H,22,24). The zero-order valence-electron chi connectivity index (χ0n) is 14.7. The molecule has 0 atom stereocenters. The van der Waals surface area contributed by atoms with Crippen molar-refractivity contribution in [1.82, 2.24) is 4.31 Å². The van der Waals surface area contributed by atoms with Crippen LogP contribution in [-0.2, 0) is 14.8 Å². The molecule has 27 heavy (non-hydrogen) atoms. The Morgan fingerprint density at radius 2 is 1.67 bits per heavy atom. The summed E-state index contributed by atoms with van der Waals surface area (Å²) in [5.41, 5.74) is 0.599. The summed E-state index contributed by atoms with van der Waals surface area (Å²) in [5.74, 6) is -0.395. The lowest BCUT2D eigenvalue weighted by molar-refractivity contribution is -0.116. The first-order valence-corrected chi connectivity index (χ1v) is 10.7. The van der Waals surface area contributed by atoms with Crippen LogP contribution in [0.3, 0.4) is 0 Å². The van der Waals surface area contributed by atoms with Gasteiger partial charge in [-0.05, 0) is 51.0 Å². The number of hydrogen-bond acceptors (Lipinski definition) is 3. The van der Waals surface area contributed by atoms with E-state index in [2.05, 4.69) is 21.2 Å². The number of likely N-dealkylation sites (N-methyl/N-ethyl adjacent to an activating group) is 1. The van der Waals surface area contributed by atoms with Gasteiger partial charge < -0.3 is 5.32 Å². The van der Waals surface area contributed by atoms with Gasteiger partial charge in [-0.15, -0.1) is 0 Å². The van der Waals surface area contributed by atoms with Gasteiger partial charge in [0, 0.05) is 11.0 Å². The van der Waals surface area contributed by atoms with Gasteiger partial charge >= 0.3 is 0 Å². The fourth-order valence-corrected chi connectivity index (χ4v) is 4.58. The zero-order chi connectivity index (χ0) is 19.4. The van der Waals surface area contributed by atoms with Crippen LogP contribution in [-0.4, -0.2) is 31.7 Å². The molecule has 0 bridgehead atoms. The molecule has 0 saturated heterocycles. The average Bonchev–Trinajstić information content (AvgIpc) is 2.67. The summed E-state index contributed by atoms with van der Waals surface area (Å²) in [7, 11) is -3.78. The summed E-state index contributed by atoms with van der Waals surface area (Å²) < 4.78 is 27.9. The number of benzene rings is 3. The van der Waals surface area contributed by atoms with Gasteiger partial charge in [-0.25, -0.2) is 8.42 Å². The zero-order valence-corrected chi connectivity index (χ0v) is 17.1. The maximum atomic E-state index is 13.0. The van der Waals surface area contributed by atoms with Gasteiger partial charge in [0.25, 0.3) is 0 Å². The summed E-state index contributed by atoms with van der Waals surface area (Å²) in [6.45, 7) is 1.65. The molecule has 0 aliphatic rings. The molecule has 1 N–H and O–H groups in total. The van der Waals surface area contributed by atoms with Crippen molar-refractivity contribution in [3.05, 3.63) is 71.2 Å². The van der Waals surface area contributed by atoms with Crippen LogP contribution in [0.2, 0.25) is 0 Å². The van der Waals surface area contributed by atoms with Crippen LogP contribution in [0.25, 0.3) is 10.8 Å². The Morgan fingerprint density at radius 1 is 1.00 bits per heavy atom. The van der Waals surface area contributed by atoms with Gasteiger partial charge in [0.05, 0.1) is 17.1 Å². The molecule has 140 valence electrons. The highest BCUT2D eigenvalue weighted by molar-refractivity contribution is 9.10. The van der Waals surface area contributed by atoms with E-state index in [0.29, 0.717) is 5.69 Å². The summed E-state index contributed by atoms with van der Waals surface area (Å²) in [4.78, 5) is 12.6. The SMILES string of the molecule is CCN(CC(=O)Nc1ccccc1Br)S(=O)(=O)c1ccc2ccccc2c1. The van der Waals surface area contributed by atoms with Crippen molar-refractivity contribution < 1.29 is 13.2 Å². The van der Waals surface area contributed by atoms with E-state index in [4.69, 9.17) is 0 Å². The smallest absolute Gasteiger partial charge is 0.243 e. The first kappa shape index (κ1) is 19.5. The molecule has 0 heterocycles. The van der Waals surface area contributed by atoms with Crippen molar-refractivity contribution >= 4 is 48.3 Å². The molecular weight excluding hydrogens is 428 g/mol. The largest absolute Gasteiger partial charge is 0.324 e.